The van der Waals surface area contributed by atoms with Gasteiger partial charge in [-0.25, -0.2) is 19.9 Å². The van der Waals surface area contributed by atoms with Crippen molar-refractivity contribution in [2.75, 3.05) is 38.8 Å². The van der Waals surface area contributed by atoms with Crippen LogP contribution in [0.5, 0.6) is 17.5 Å². The van der Waals surface area contributed by atoms with Crippen LogP contribution in [0.4, 0.5) is 5.69 Å². The van der Waals surface area contributed by atoms with Crippen LogP contribution in [0.1, 0.15) is 28.2 Å². The second-order valence-electron chi connectivity index (χ2n) is 7.83. The quantitative estimate of drug-likeness (QED) is 0.547. The molecule has 0 aliphatic carbocycles. The molecule has 0 radical (unpaired) electrons. The summed E-state index contributed by atoms with van der Waals surface area (Å²) in [5.74, 6) is 1.41. The number of hydrogen-bond donors (Lipinski definition) is 0. The van der Waals surface area contributed by atoms with Gasteiger partial charge in [0.2, 0.25) is 5.88 Å². The summed E-state index contributed by atoms with van der Waals surface area (Å²) in [7, 11) is 3.15. The van der Waals surface area contributed by atoms with E-state index in [0.29, 0.717) is 49.3 Å². The Hall–Kier alpha value is -3.89. The Balaban J connectivity index is 1.31. The third-order valence-corrected chi connectivity index (χ3v) is 5.91. The summed E-state index contributed by atoms with van der Waals surface area (Å²) in [5, 5.41) is 0. The van der Waals surface area contributed by atoms with E-state index in [4.69, 9.17) is 18.6 Å². The minimum atomic E-state index is -0.160. The lowest BCUT2D eigenvalue weighted by atomic mass is 10.1. The summed E-state index contributed by atoms with van der Waals surface area (Å²) >= 11 is 0. The van der Waals surface area contributed by atoms with Crippen LogP contribution < -0.4 is 19.1 Å². The molecule has 5 heterocycles. The number of methoxy groups -OCH3 is 2. The molecule has 0 unspecified atom stereocenters. The number of hydrogen-bond acceptors (Lipinski definition) is 10. The van der Waals surface area contributed by atoms with E-state index in [0.717, 1.165) is 29.9 Å². The van der Waals surface area contributed by atoms with Gasteiger partial charge in [-0.2, -0.15) is 0 Å². The smallest absolute Gasteiger partial charge is 0.275 e. The van der Waals surface area contributed by atoms with Gasteiger partial charge in [0.05, 0.1) is 50.5 Å². The van der Waals surface area contributed by atoms with Crippen LogP contribution in [0, 0.1) is 0 Å². The van der Waals surface area contributed by atoms with E-state index in [1.165, 1.54) is 19.0 Å². The van der Waals surface area contributed by atoms with Crippen LogP contribution >= 0.6 is 0 Å². The Kier molecular flexibility index (Phi) is 5.68. The number of carbonyl (C=O) groups excluding carboxylic acids is 1. The van der Waals surface area contributed by atoms with Gasteiger partial charge < -0.3 is 28.4 Å². The standard InChI is InChI=1S/C22H24N6O5/c1-30-19-7-14(8-23-21(19)31-2)27-6-4-17-16(10-27)20(25-12-24-17)33-15-3-5-28(9-15)22(29)18-11-32-13-26-18/h7-8,11-13,15H,3-6,9-10H2,1-2H3/t15-/m0/s1. The predicted molar refractivity (Wildman–Crippen MR) is 116 cm³/mol. The summed E-state index contributed by atoms with van der Waals surface area (Å²) in [6, 6.07) is 1.91. The number of anilines is 1. The van der Waals surface area contributed by atoms with Gasteiger partial charge in [-0.3, -0.25) is 4.79 Å². The van der Waals surface area contributed by atoms with Crippen LogP contribution in [-0.4, -0.2) is 70.7 Å². The molecule has 0 N–H and O–H groups in total. The first-order valence-corrected chi connectivity index (χ1v) is 10.7. The van der Waals surface area contributed by atoms with Crippen molar-refractivity contribution in [2.45, 2.75) is 25.5 Å². The molecule has 3 aromatic heterocycles. The molecule has 1 atom stereocenters. The molecule has 1 fully saturated rings. The summed E-state index contributed by atoms with van der Waals surface area (Å²) < 4.78 is 21.8. The Morgan fingerprint density at radius 2 is 2.03 bits per heavy atom. The van der Waals surface area contributed by atoms with Crippen molar-refractivity contribution < 1.29 is 23.4 Å². The van der Waals surface area contributed by atoms with Gasteiger partial charge in [-0.05, 0) is 0 Å². The zero-order valence-corrected chi connectivity index (χ0v) is 18.4. The second-order valence-corrected chi connectivity index (χ2v) is 7.83. The normalized spacial score (nSPS) is 17.6. The Bertz CT molecular complexity index is 1140. The van der Waals surface area contributed by atoms with Gasteiger partial charge in [-0.1, -0.05) is 0 Å². The third-order valence-electron chi connectivity index (χ3n) is 5.91. The van der Waals surface area contributed by atoms with E-state index >= 15 is 0 Å². The molecule has 2 aliphatic rings. The number of ether oxygens (including phenoxy) is 3. The maximum atomic E-state index is 12.5. The second kappa shape index (κ2) is 8.93. The van der Waals surface area contributed by atoms with Crippen LogP contribution in [0.3, 0.4) is 0 Å². The molecule has 2 aliphatic heterocycles. The molecule has 3 aromatic rings. The van der Waals surface area contributed by atoms with E-state index < -0.39 is 0 Å². The maximum absolute atomic E-state index is 12.5. The number of pyridine rings is 1. The highest BCUT2D eigenvalue weighted by Crippen LogP contribution is 2.33. The highest BCUT2D eigenvalue weighted by atomic mass is 16.5. The topological polar surface area (TPSA) is 116 Å². The first kappa shape index (κ1) is 21.0. The van der Waals surface area contributed by atoms with Crippen LogP contribution in [0.15, 0.2) is 35.7 Å². The molecule has 1 amide bonds. The first-order chi connectivity index (χ1) is 16.2. The molecule has 0 saturated carbocycles. The number of oxazole rings is 1. The van der Waals surface area contributed by atoms with Gasteiger partial charge in [-0.15, -0.1) is 0 Å². The molecule has 33 heavy (non-hydrogen) atoms. The zero-order valence-electron chi connectivity index (χ0n) is 18.4. The average molecular weight is 452 g/mol. The van der Waals surface area contributed by atoms with Crippen molar-refractivity contribution in [3.63, 3.8) is 0 Å². The minimum Gasteiger partial charge on any atom is -0.491 e. The first-order valence-electron chi connectivity index (χ1n) is 10.7. The Labute approximate surface area is 190 Å². The van der Waals surface area contributed by atoms with Crippen molar-refractivity contribution in [3.05, 3.63) is 48.2 Å². The van der Waals surface area contributed by atoms with Crippen LogP contribution in [0.25, 0.3) is 0 Å². The number of amides is 1. The fourth-order valence-electron chi connectivity index (χ4n) is 4.18. The lowest BCUT2D eigenvalue weighted by Crippen LogP contribution is -2.33. The summed E-state index contributed by atoms with van der Waals surface area (Å²) in [5.41, 5.74) is 3.13. The molecular weight excluding hydrogens is 428 g/mol. The van der Waals surface area contributed by atoms with E-state index in [9.17, 15) is 4.79 Å². The zero-order chi connectivity index (χ0) is 22.8. The molecule has 5 rings (SSSR count). The van der Waals surface area contributed by atoms with Crippen LogP contribution in [0.2, 0.25) is 0 Å². The summed E-state index contributed by atoms with van der Waals surface area (Å²) in [4.78, 5) is 33.6. The van der Waals surface area contributed by atoms with Gasteiger partial charge in [0.15, 0.2) is 17.8 Å². The maximum Gasteiger partial charge on any atom is 0.275 e. The molecule has 0 spiro atoms. The molecule has 0 aromatic carbocycles. The lowest BCUT2D eigenvalue weighted by molar-refractivity contribution is 0.0765. The van der Waals surface area contributed by atoms with Crippen molar-refractivity contribution >= 4 is 11.6 Å². The Morgan fingerprint density at radius 1 is 1.12 bits per heavy atom. The van der Waals surface area contributed by atoms with E-state index in [2.05, 4.69) is 24.8 Å². The number of nitrogens with zero attached hydrogens (tertiary/aromatic N) is 6. The van der Waals surface area contributed by atoms with Crippen molar-refractivity contribution in [1.82, 2.24) is 24.8 Å². The van der Waals surface area contributed by atoms with E-state index in [1.54, 1.807) is 25.3 Å². The number of fused-ring (bicyclic) bond motifs is 1. The number of aromatic nitrogens is 4. The Morgan fingerprint density at radius 3 is 2.82 bits per heavy atom. The molecule has 172 valence electrons. The highest BCUT2D eigenvalue weighted by molar-refractivity contribution is 5.92. The van der Waals surface area contributed by atoms with E-state index in [1.807, 2.05) is 6.07 Å². The van der Waals surface area contributed by atoms with Gasteiger partial charge in [0.25, 0.3) is 11.8 Å². The van der Waals surface area contributed by atoms with Gasteiger partial charge in [0.1, 0.15) is 18.7 Å². The molecule has 1 saturated heterocycles. The van der Waals surface area contributed by atoms with Crippen LogP contribution in [-0.2, 0) is 13.0 Å². The fourth-order valence-corrected chi connectivity index (χ4v) is 4.18. The number of likely N-dealkylation sites (tertiary alicyclic amines) is 1. The lowest BCUT2D eigenvalue weighted by Gasteiger charge is -2.31. The van der Waals surface area contributed by atoms with Crippen molar-refractivity contribution in [2.24, 2.45) is 0 Å². The largest absolute Gasteiger partial charge is 0.491 e. The summed E-state index contributed by atoms with van der Waals surface area (Å²) in [6.07, 6.45) is 7.23. The van der Waals surface area contributed by atoms with Crippen molar-refractivity contribution in [3.8, 4) is 17.5 Å². The van der Waals surface area contributed by atoms with E-state index in [-0.39, 0.29) is 12.0 Å². The number of rotatable bonds is 6. The predicted octanol–water partition coefficient (Wildman–Crippen LogP) is 1.73. The number of carbonyl (C=O) groups is 1. The molecule has 11 nitrogen and oxygen atoms in total. The SMILES string of the molecule is COc1cc(N2CCc3ncnc(O[C@H]4CCN(C(=O)c5cocn5)C4)c3C2)cnc1OC. The molecular formula is C22H24N6O5. The molecule has 11 heteroatoms. The third kappa shape index (κ3) is 4.13. The fraction of sp³-hybridized carbons (Fsp3) is 0.409. The monoisotopic (exact) mass is 452 g/mol. The average Bonchev–Trinajstić information content (AvgIpc) is 3.56. The van der Waals surface area contributed by atoms with Crippen molar-refractivity contribution in [1.29, 1.82) is 0 Å². The highest BCUT2D eigenvalue weighted by Gasteiger charge is 2.31. The van der Waals surface area contributed by atoms with Gasteiger partial charge >= 0.3 is 0 Å². The minimum absolute atomic E-state index is 0.155. The van der Waals surface area contributed by atoms with Gasteiger partial charge in [0, 0.05) is 32.0 Å². The summed E-state index contributed by atoms with van der Waals surface area (Å²) in [6.45, 7) is 2.42. The molecule has 0 bridgehead atoms.